The molecule has 0 saturated carbocycles. The third kappa shape index (κ3) is 8.59. The fourth-order valence-corrected chi connectivity index (χ4v) is 8.33. The van der Waals surface area contributed by atoms with Crippen LogP contribution in [0.2, 0.25) is 0 Å². The Morgan fingerprint density at radius 1 is 0.944 bits per heavy atom. The van der Waals surface area contributed by atoms with Crippen LogP contribution in [0.4, 0.5) is 4.39 Å². The van der Waals surface area contributed by atoms with E-state index < -0.39 is 49.7 Å². The van der Waals surface area contributed by atoms with E-state index in [1.54, 1.807) is 38.5 Å². The summed E-state index contributed by atoms with van der Waals surface area (Å²) in [5, 5.41) is 21.0. The van der Waals surface area contributed by atoms with E-state index in [0.29, 0.717) is 28.2 Å². The van der Waals surface area contributed by atoms with Gasteiger partial charge in [0.2, 0.25) is 0 Å². The summed E-state index contributed by atoms with van der Waals surface area (Å²) in [7, 11) is 1.02. The molecule has 15 heteroatoms. The van der Waals surface area contributed by atoms with E-state index in [2.05, 4.69) is 4.98 Å². The summed E-state index contributed by atoms with van der Waals surface area (Å²) in [6.45, 7) is 7.26. The lowest BCUT2D eigenvalue weighted by molar-refractivity contribution is -0.193. The van der Waals surface area contributed by atoms with Crippen molar-refractivity contribution in [3.63, 3.8) is 0 Å². The third-order valence-corrected chi connectivity index (χ3v) is 11.1. The smallest absolute Gasteiger partial charge is 0.330 e. The molecule has 0 radical (unpaired) electrons. The second-order valence-corrected chi connectivity index (χ2v) is 14.6. The fraction of sp³-hybridized carbons (Fsp3) is 0.410. The van der Waals surface area contributed by atoms with Crippen LogP contribution in [0, 0.1) is 11.3 Å². The molecule has 0 aliphatic carbocycles. The summed E-state index contributed by atoms with van der Waals surface area (Å²) in [6, 6.07) is 26.8. The van der Waals surface area contributed by atoms with Crippen molar-refractivity contribution in [2.45, 2.75) is 76.1 Å². The molecule has 1 unspecified atom stereocenters. The number of aliphatic hydroxyl groups is 1. The number of benzene rings is 3. The molecule has 2 heterocycles. The zero-order valence-electron chi connectivity index (χ0n) is 31.0. The van der Waals surface area contributed by atoms with E-state index in [-0.39, 0.29) is 31.7 Å². The van der Waals surface area contributed by atoms with Gasteiger partial charge in [0.25, 0.3) is 19.9 Å². The highest BCUT2D eigenvalue weighted by Gasteiger charge is 2.61. The van der Waals surface area contributed by atoms with Gasteiger partial charge < -0.3 is 33.1 Å². The molecule has 5 atom stereocenters. The van der Waals surface area contributed by atoms with Gasteiger partial charge in [0, 0.05) is 24.3 Å². The van der Waals surface area contributed by atoms with Crippen molar-refractivity contribution < 1.29 is 37.5 Å². The number of alkyl halides is 1. The quantitative estimate of drug-likeness (QED) is 0.0764. The van der Waals surface area contributed by atoms with Crippen molar-refractivity contribution in [2.24, 2.45) is 0 Å². The maximum atomic E-state index is 17.2. The average molecular weight is 765 g/mol. The summed E-state index contributed by atoms with van der Waals surface area (Å²) < 4.78 is 56.5. The van der Waals surface area contributed by atoms with E-state index in [4.69, 9.17) is 28.0 Å². The molecule has 1 saturated heterocycles. The molecule has 1 aliphatic rings. The number of methoxy groups -OCH3 is 2. The van der Waals surface area contributed by atoms with Crippen LogP contribution in [0.15, 0.2) is 101 Å². The number of hydrogen-bond acceptors (Lipinski definition) is 11. The van der Waals surface area contributed by atoms with Crippen molar-refractivity contribution in [1.29, 1.82) is 5.26 Å². The van der Waals surface area contributed by atoms with Crippen molar-refractivity contribution in [3.05, 3.63) is 129 Å². The Bertz CT molecular complexity index is 1910. The van der Waals surface area contributed by atoms with Gasteiger partial charge in [0.15, 0.2) is 12.3 Å². The van der Waals surface area contributed by atoms with E-state index in [1.807, 2.05) is 93.0 Å². The minimum absolute atomic E-state index is 0.0214. The van der Waals surface area contributed by atoms with E-state index >= 15 is 4.39 Å². The highest BCUT2D eigenvalue weighted by Crippen LogP contribution is 2.53. The van der Waals surface area contributed by atoms with Gasteiger partial charge in [-0.15, -0.1) is 0 Å². The number of H-pyrrole nitrogens is 1. The number of aromatic amines is 1. The standard InChI is InChI=1S/C39H46FN4O9P/c1-26(2)44(27(3)4)54(51-24-10-22-41)53-35-33(52-36(39(35,40)47)43-23-21-34(45)42-37(43)46)25-50-38(28-11-8-7-9-12-28,29-13-17-31(48-5)18-14-29)30-15-19-32(49-6)20-16-30/h7-9,11-21,23,26-27,33,35-36,47H,10,24-25H2,1-6H3,(H,42,45,46)/t33-,35-,36-,39-,54?/m1/s1. The van der Waals surface area contributed by atoms with Crippen molar-refractivity contribution in [1.82, 2.24) is 14.2 Å². The number of ether oxygens (including phenoxy) is 4. The second kappa shape index (κ2) is 17.8. The lowest BCUT2D eigenvalue weighted by Gasteiger charge is -2.39. The Morgan fingerprint density at radius 2 is 1.50 bits per heavy atom. The molecule has 54 heavy (non-hydrogen) atoms. The molecule has 13 nitrogen and oxygen atoms in total. The summed E-state index contributed by atoms with van der Waals surface area (Å²) in [5.41, 5.74) is -0.982. The van der Waals surface area contributed by atoms with Gasteiger partial charge in [-0.05, 0) is 68.7 Å². The molecule has 0 spiro atoms. The molecule has 1 aliphatic heterocycles. The molecule has 4 aromatic rings. The van der Waals surface area contributed by atoms with Gasteiger partial charge in [0.05, 0.1) is 39.9 Å². The number of nitrogens with one attached hydrogen (secondary N) is 1. The molecule has 3 aromatic carbocycles. The molecule has 0 bridgehead atoms. The second-order valence-electron chi connectivity index (χ2n) is 13.2. The molecule has 0 amide bonds. The third-order valence-electron chi connectivity index (χ3n) is 8.99. The van der Waals surface area contributed by atoms with Crippen LogP contribution in [0.1, 0.15) is 57.0 Å². The lowest BCUT2D eigenvalue weighted by atomic mass is 9.80. The number of hydrogen-bond donors (Lipinski definition) is 2. The monoisotopic (exact) mass is 764 g/mol. The Hall–Kier alpha value is -4.45. The van der Waals surface area contributed by atoms with Crippen LogP contribution in [0.25, 0.3) is 0 Å². The number of aromatic nitrogens is 2. The molecule has 1 fully saturated rings. The lowest BCUT2D eigenvalue weighted by Crippen LogP contribution is -2.48. The number of rotatable bonds is 17. The Kier molecular flexibility index (Phi) is 13.4. The Labute approximate surface area is 314 Å². The number of halogens is 1. The number of nitrogens with zero attached hydrogens (tertiary/aromatic N) is 3. The summed E-state index contributed by atoms with van der Waals surface area (Å²) in [6.07, 6.45) is -4.04. The summed E-state index contributed by atoms with van der Waals surface area (Å²) in [4.78, 5) is 27.0. The zero-order chi connectivity index (χ0) is 39.0. The fourth-order valence-electron chi connectivity index (χ4n) is 6.55. The molecular formula is C39H46FN4O9P. The van der Waals surface area contributed by atoms with E-state index in [9.17, 15) is 20.0 Å². The number of nitriles is 1. The summed E-state index contributed by atoms with van der Waals surface area (Å²) >= 11 is 0. The predicted octanol–water partition coefficient (Wildman–Crippen LogP) is 5.78. The van der Waals surface area contributed by atoms with Crippen molar-refractivity contribution in [3.8, 4) is 17.6 Å². The highest BCUT2D eigenvalue weighted by molar-refractivity contribution is 7.44. The summed E-state index contributed by atoms with van der Waals surface area (Å²) in [5.74, 6) is -2.13. The molecule has 288 valence electrons. The zero-order valence-corrected chi connectivity index (χ0v) is 31.9. The molecular weight excluding hydrogens is 718 g/mol. The van der Waals surface area contributed by atoms with Crippen molar-refractivity contribution in [2.75, 3.05) is 27.4 Å². The van der Waals surface area contributed by atoms with Crippen LogP contribution in [-0.4, -0.2) is 76.9 Å². The van der Waals surface area contributed by atoms with Crippen molar-refractivity contribution >= 4 is 8.53 Å². The van der Waals surface area contributed by atoms with Gasteiger partial charge in [-0.1, -0.05) is 54.6 Å². The normalized spacial score (nSPS) is 20.7. The predicted molar refractivity (Wildman–Crippen MR) is 200 cm³/mol. The largest absolute Gasteiger partial charge is 0.497 e. The van der Waals surface area contributed by atoms with Gasteiger partial charge in [0.1, 0.15) is 23.2 Å². The van der Waals surface area contributed by atoms with Gasteiger partial charge >= 0.3 is 5.69 Å². The van der Waals surface area contributed by atoms with Crippen LogP contribution in [0.3, 0.4) is 0 Å². The first-order valence-corrected chi connectivity index (χ1v) is 18.6. The van der Waals surface area contributed by atoms with Crippen LogP contribution < -0.4 is 20.7 Å². The molecule has 5 rings (SSSR count). The minimum Gasteiger partial charge on any atom is -0.497 e. The maximum Gasteiger partial charge on any atom is 0.330 e. The Balaban J connectivity index is 1.65. The minimum atomic E-state index is -3.36. The molecule has 2 N–H and O–H groups in total. The van der Waals surface area contributed by atoms with Crippen LogP contribution >= 0.6 is 8.53 Å². The first-order chi connectivity index (χ1) is 25.9. The Morgan fingerprint density at radius 3 is 2.00 bits per heavy atom. The first kappa shape index (κ1) is 40.7. The SMILES string of the molecule is COc1ccc(C(OC[C@H]2O[C@@H](n3ccc(=O)[nH]c3=O)[C@@](O)(F)[C@@H]2OP(OCCC#N)N(C(C)C)C(C)C)(c2ccccc2)c2ccc(OC)cc2)cc1. The van der Waals surface area contributed by atoms with E-state index in [1.165, 1.54) is 0 Å². The van der Waals surface area contributed by atoms with Gasteiger partial charge in [-0.3, -0.25) is 14.3 Å². The van der Waals surface area contributed by atoms with E-state index in [0.717, 1.165) is 16.8 Å². The highest BCUT2D eigenvalue weighted by atomic mass is 31.2. The molecule has 1 aromatic heterocycles. The van der Waals surface area contributed by atoms with Crippen LogP contribution in [0.5, 0.6) is 11.5 Å². The van der Waals surface area contributed by atoms with Gasteiger partial charge in [-0.25, -0.2) is 13.9 Å². The van der Waals surface area contributed by atoms with Gasteiger partial charge in [-0.2, -0.15) is 5.26 Å². The van der Waals surface area contributed by atoms with Crippen LogP contribution in [-0.2, 0) is 24.1 Å². The first-order valence-electron chi connectivity index (χ1n) is 17.5. The topological polar surface area (TPSA) is 158 Å². The maximum absolute atomic E-state index is 17.2. The average Bonchev–Trinajstić information content (AvgIpc) is 3.40.